The van der Waals surface area contributed by atoms with Crippen LogP contribution >= 0.6 is 11.6 Å². The second kappa shape index (κ2) is 9.63. The van der Waals surface area contributed by atoms with Gasteiger partial charge in [-0.05, 0) is 18.9 Å². The molecule has 1 N–H and O–H groups in total. The number of aryl methyl sites for hydroxylation is 1. The minimum absolute atomic E-state index is 0.102. The molecule has 0 saturated carbocycles. The van der Waals surface area contributed by atoms with Crippen molar-refractivity contribution >= 4 is 28.4 Å². The van der Waals surface area contributed by atoms with Crippen LogP contribution in [0.5, 0.6) is 0 Å². The van der Waals surface area contributed by atoms with Gasteiger partial charge in [-0.15, -0.1) is 0 Å². The van der Waals surface area contributed by atoms with Crippen LogP contribution in [0.25, 0.3) is 11.0 Å². The van der Waals surface area contributed by atoms with Crippen LogP contribution in [0.15, 0.2) is 12.5 Å². The lowest BCUT2D eigenvalue weighted by atomic mass is 10.1. The van der Waals surface area contributed by atoms with Crippen LogP contribution in [0.2, 0.25) is 5.15 Å². The second-order valence-electron chi connectivity index (χ2n) is 5.33. The predicted molar refractivity (Wildman–Crippen MR) is 93.8 cm³/mol. The standard InChI is InChI=1S/C15H20ClN3O2.C2H6/c1-3-4-5-11(20)6-12(21)8-19-7-10(2)13-14(16)17-9-18-15(13)19;1-2/h7,9,12,21H,3-6,8H2,1-2H3;1-2H3. The fraction of sp³-hybridized carbons (Fsp3) is 0.588. The minimum atomic E-state index is -0.710. The lowest BCUT2D eigenvalue weighted by Gasteiger charge is -2.11. The fourth-order valence-electron chi connectivity index (χ4n) is 2.44. The van der Waals surface area contributed by atoms with Crippen molar-refractivity contribution in [1.82, 2.24) is 14.5 Å². The molecule has 0 aliphatic heterocycles. The monoisotopic (exact) mass is 339 g/mol. The highest BCUT2D eigenvalue weighted by Gasteiger charge is 2.15. The summed E-state index contributed by atoms with van der Waals surface area (Å²) in [4.78, 5) is 19.9. The highest BCUT2D eigenvalue weighted by molar-refractivity contribution is 6.34. The molecule has 2 rings (SSSR count). The van der Waals surface area contributed by atoms with Crippen LogP contribution in [0.3, 0.4) is 0 Å². The quantitative estimate of drug-likeness (QED) is 0.776. The second-order valence-corrected chi connectivity index (χ2v) is 5.69. The summed E-state index contributed by atoms with van der Waals surface area (Å²) in [6.07, 6.45) is 5.14. The molecule has 5 nitrogen and oxygen atoms in total. The highest BCUT2D eigenvalue weighted by Crippen LogP contribution is 2.25. The Balaban J connectivity index is 0.00000127. The zero-order chi connectivity index (χ0) is 17.4. The Morgan fingerprint density at radius 2 is 2.09 bits per heavy atom. The van der Waals surface area contributed by atoms with E-state index < -0.39 is 6.10 Å². The van der Waals surface area contributed by atoms with Gasteiger partial charge in [0.05, 0.1) is 18.0 Å². The van der Waals surface area contributed by atoms with Crippen LogP contribution in [0, 0.1) is 6.92 Å². The normalized spacial score (nSPS) is 11.9. The number of carbonyl (C=O) groups is 1. The Kier molecular flexibility index (Phi) is 8.20. The van der Waals surface area contributed by atoms with Gasteiger partial charge in [0.2, 0.25) is 0 Å². The third-order valence-corrected chi connectivity index (χ3v) is 3.76. The van der Waals surface area contributed by atoms with Gasteiger partial charge in [-0.1, -0.05) is 38.8 Å². The van der Waals surface area contributed by atoms with Crippen LogP contribution in [-0.2, 0) is 11.3 Å². The van der Waals surface area contributed by atoms with E-state index in [1.165, 1.54) is 6.33 Å². The predicted octanol–water partition coefficient (Wildman–Crippen LogP) is 3.93. The van der Waals surface area contributed by atoms with Gasteiger partial charge in [-0.3, -0.25) is 4.79 Å². The van der Waals surface area contributed by atoms with Crippen molar-refractivity contribution in [1.29, 1.82) is 0 Å². The Morgan fingerprint density at radius 3 is 2.74 bits per heavy atom. The smallest absolute Gasteiger partial charge is 0.145 e. The van der Waals surface area contributed by atoms with E-state index in [2.05, 4.69) is 9.97 Å². The number of nitrogens with zero attached hydrogens (tertiary/aromatic N) is 3. The number of fused-ring (bicyclic) bond motifs is 1. The molecule has 0 radical (unpaired) electrons. The maximum atomic E-state index is 11.7. The number of rotatable bonds is 7. The highest BCUT2D eigenvalue weighted by atomic mass is 35.5. The lowest BCUT2D eigenvalue weighted by Crippen LogP contribution is -2.19. The molecule has 0 bridgehead atoms. The molecule has 1 atom stereocenters. The minimum Gasteiger partial charge on any atom is -0.391 e. The molecule has 2 heterocycles. The van der Waals surface area contributed by atoms with Crippen LogP contribution < -0.4 is 0 Å². The van der Waals surface area contributed by atoms with E-state index in [0.717, 1.165) is 23.8 Å². The summed E-state index contributed by atoms with van der Waals surface area (Å²) >= 11 is 6.07. The number of hydrogen-bond donors (Lipinski definition) is 1. The summed E-state index contributed by atoms with van der Waals surface area (Å²) in [7, 11) is 0. The molecule has 0 aliphatic carbocycles. The van der Waals surface area contributed by atoms with Crippen LogP contribution in [-0.4, -0.2) is 31.5 Å². The number of aliphatic hydroxyl groups excluding tert-OH is 1. The van der Waals surface area contributed by atoms with E-state index in [0.29, 0.717) is 23.8 Å². The van der Waals surface area contributed by atoms with E-state index >= 15 is 0 Å². The average molecular weight is 340 g/mol. The summed E-state index contributed by atoms with van der Waals surface area (Å²) in [5.74, 6) is 0.102. The van der Waals surface area contributed by atoms with Crippen molar-refractivity contribution < 1.29 is 9.90 Å². The number of Topliss-reactive ketones (excluding diaryl/α,β-unsaturated/α-hetero) is 1. The number of unbranched alkanes of at least 4 members (excludes halogenated alkanes) is 1. The summed E-state index contributed by atoms with van der Waals surface area (Å²) in [6, 6.07) is 0. The van der Waals surface area contributed by atoms with Gasteiger partial charge in [-0.25, -0.2) is 9.97 Å². The average Bonchev–Trinajstić information content (AvgIpc) is 2.84. The molecule has 6 heteroatoms. The SMILES string of the molecule is CC.CCCCC(=O)CC(O)Cn1cc(C)c2c(Cl)ncnc21. The Morgan fingerprint density at radius 1 is 1.39 bits per heavy atom. The molecular formula is C17H26ClN3O2. The molecule has 0 saturated heterocycles. The topological polar surface area (TPSA) is 68.0 Å². The van der Waals surface area contributed by atoms with Gasteiger partial charge >= 0.3 is 0 Å². The van der Waals surface area contributed by atoms with E-state index in [1.54, 1.807) is 0 Å². The van der Waals surface area contributed by atoms with Crippen LogP contribution in [0.4, 0.5) is 0 Å². The van der Waals surface area contributed by atoms with Gasteiger partial charge in [0.25, 0.3) is 0 Å². The molecule has 2 aromatic rings. The Bertz CT molecular complexity index is 640. The van der Waals surface area contributed by atoms with E-state index in [4.69, 9.17) is 11.6 Å². The molecule has 0 fully saturated rings. The zero-order valence-corrected chi connectivity index (χ0v) is 15.1. The number of hydrogen-bond acceptors (Lipinski definition) is 4. The summed E-state index contributed by atoms with van der Waals surface area (Å²) < 4.78 is 1.83. The first-order valence-corrected chi connectivity index (χ1v) is 8.56. The number of ketones is 1. The Hall–Kier alpha value is -1.46. The summed E-state index contributed by atoms with van der Waals surface area (Å²) in [5.41, 5.74) is 1.65. The van der Waals surface area contributed by atoms with Crippen molar-refractivity contribution in [2.45, 2.75) is 66.0 Å². The molecule has 0 spiro atoms. The maximum Gasteiger partial charge on any atom is 0.145 e. The van der Waals surface area contributed by atoms with Crippen molar-refractivity contribution in [2.24, 2.45) is 0 Å². The van der Waals surface area contributed by atoms with Crippen molar-refractivity contribution in [3.8, 4) is 0 Å². The summed E-state index contributed by atoms with van der Waals surface area (Å²) in [6.45, 7) is 8.30. The molecule has 0 amide bonds. The fourth-order valence-corrected chi connectivity index (χ4v) is 2.72. The number of halogens is 1. The first-order chi connectivity index (χ1) is 11.0. The maximum absolute atomic E-state index is 11.7. The van der Waals surface area contributed by atoms with Gasteiger partial charge in [0.15, 0.2) is 0 Å². The third-order valence-electron chi connectivity index (χ3n) is 3.48. The number of aromatic nitrogens is 3. The van der Waals surface area contributed by atoms with Crippen molar-refractivity contribution in [3.05, 3.63) is 23.2 Å². The summed E-state index contributed by atoms with van der Waals surface area (Å²) in [5, 5.41) is 11.3. The largest absolute Gasteiger partial charge is 0.391 e. The first-order valence-electron chi connectivity index (χ1n) is 8.18. The first kappa shape index (κ1) is 19.6. The van der Waals surface area contributed by atoms with E-state index in [9.17, 15) is 9.90 Å². The zero-order valence-electron chi connectivity index (χ0n) is 14.3. The number of aliphatic hydroxyl groups is 1. The van der Waals surface area contributed by atoms with Crippen LogP contribution in [0.1, 0.15) is 52.0 Å². The molecule has 0 aromatic carbocycles. The number of carbonyl (C=O) groups excluding carboxylic acids is 1. The Labute approximate surface area is 142 Å². The van der Waals surface area contributed by atoms with Gasteiger partial charge < -0.3 is 9.67 Å². The molecule has 128 valence electrons. The van der Waals surface area contributed by atoms with E-state index in [1.807, 2.05) is 38.5 Å². The van der Waals surface area contributed by atoms with Crippen molar-refractivity contribution in [3.63, 3.8) is 0 Å². The molecule has 1 unspecified atom stereocenters. The molecule has 0 aliphatic rings. The van der Waals surface area contributed by atoms with E-state index in [-0.39, 0.29) is 12.2 Å². The van der Waals surface area contributed by atoms with Gasteiger partial charge in [0, 0.05) is 19.0 Å². The van der Waals surface area contributed by atoms with Crippen molar-refractivity contribution in [2.75, 3.05) is 0 Å². The van der Waals surface area contributed by atoms with Gasteiger partial charge in [-0.2, -0.15) is 0 Å². The van der Waals surface area contributed by atoms with Gasteiger partial charge in [0.1, 0.15) is 22.9 Å². The lowest BCUT2D eigenvalue weighted by molar-refractivity contribution is -0.121. The molecular weight excluding hydrogens is 314 g/mol. The molecule has 2 aromatic heterocycles. The third kappa shape index (κ3) is 5.29. The molecule has 23 heavy (non-hydrogen) atoms.